The lowest BCUT2D eigenvalue weighted by molar-refractivity contribution is -0.138. The molecule has 0 saturated carbocycles. The number of H-pyrrole nitrogens is 1. The third-order valence-electron chi connectivity index (χ3n) is 4.96. The minimum atomic E-state index is -4.55. The molecule has 7 nitrogen and oxygen atoms in total. The van der Waals surface area contributed by atoms with Gasteiger partial charge in [-0.05, 0) is 11.6 Å². The number of nitrogens with one attached hydrogen (secondary N) is 1. The number of alkyl halides is 3. The van der Waals surface area contributed by atoms with Crippen molar-refractivity contribution in [2.45, 2.75) is 25.7 Å². The van der Waals surface area contributed by atoms with Gasteiger partial charge in [-0.3, -0.25) is 4.79 Å². The van der Waals surface area contributed by atoms with Gasteiger partial charge in [0.25, 0.3) is 5.56 Å². The monoisotopic (exact) mass is 434 g/mol. The van der Waals surface area contributed by atoms with Crippen molar-refractivity contribution in [3.63, 3.8) is 0 Å². The number of aromatic amines is 1. The van der Waals surface area contributed by atoms with Crippen LogP contribution in [0.2, 0.25) is 5.02 Å². The Kier molecular flexibility index (Phi) is 4.99. The van der Waals surface area contributed by atoms with Gasteiger partial charge in [0.1, 0.15) is 10.8 Å². The molecule has 0 aliphatic carbocycles. The lowest BCUT2D eigenvalue weighted by atomic mass is 10.0. The number of fused-ring (bicyclic) bond motifs is 1. The highest BCUT2D eigenvalue weighted by Crippen LogP contribution is 2.36. The van der Waals surface area contributed by atoms with Crippen molar-refractivity contribution >= 4 is 23.0 Å². The fraction of sp³-hybridized carbons (Fsp3) is 0.263. The van der Waals surface area contributed by atoms with E-state index < -0.39 is 17.3 Å². The maximum atomic E-state index is 13.5. The van der Waals surface area contributed by atoms with Crippen molar-refractivity contribution in [2.24, 2.45) is 0 Å². The lowest BCUT2D eigenvalue weighted by Gasteiger charge is -2.30. The van der Waals surface area contributed by atoms with E-state index in [-0.39, 0.29) is 22.7 Å². The van der Waals surface area contributed by atoms with Crippen molar-refractivity contribution in [2.75, 3.05) is 11.4 Å². The van der Waals surface area contributed by atoms with Gasteiger partial charge in [0.2, 0.25) is 0 Å². The smallest absolute Gasteiger partial charge is 0.360 e. The standard InChI is InChI=1S/C19H14ClF3N6O/c1-24-12-3-2-11(14(7-12)19(21,22)23)6-13-8-25-16-10-28(4-5-29(13)16)15-9-26-27-18(30)17(15)20/h2-3,7-9H,4-6,10H2,(H,27,30). The number of aromatic nitrogens is 4. The quantitative estimate of drug-likeness (QED) is 0.636. The Morgan fingerprint density at radius 3 is 2.80 bits per heavy atom. The number of hydrogen-bond acceptors (Lipinski definition) is 4. The van der Waals surface area contributed by atoms with Gasteiger partial charge in [-0.1, -0.05) is 23.7 Å². The predicted molar refractivity (Wildman–Crippen MR) is 104 cm³/mol. The first kappa shape index (κ1) is 20.0. The average molecular weight is 435 g/mol. The molecule has 2 aromatic heterocycles. The largest absolute Gasteiger partial charge is 0.415 e. The SMILES string of the molecule is [C-]#[N+]c1ccc(Cc2cnc3n2CCN(c2cn[nH]c(=O)c2Cl)C3)c(C(F)(F)F)c1. The fourth-order valence-corrected chi connectivity index (χ4v) is 3.72. The van der Waals surface area contributed by atoms with Crippen LogP contribution < -0.4 is 10.5 Å². The van der Waals surface area contributed by atoms with Crippen LogP contribution in [0.25, 0.3) is 4.85 Å². The van der Waals surface area contributed by atoms with E-state index in [2.05, 4.69) is 20.0 Å². The Labute approximate surface area is 173 Å². The first-order chi connectivity index (χ1) is 14.3. The number of benzene rings is 1. The third kappa shape index (κ3) is 3.64. The molecule has 1 aliphatic rings. The minimum Gasteiger partial charge on any atom is -0.360 e. The van der Waals surface area contributed by atoms with Crippen molar-refractivity contribution < 1.29 is 13.2 Å². The average Bonchev–Trinajstić information content (AvgIpc) is 3.11. The first-order valence-electron chi connectivity index (χ1n) is 8.87. The van der Waals surface area contributed by atoms with Gasteiger partial charge in [-0.2, -0.15) is 18.3 Å². The second-order valence-corrected chi connectivity index (χ2v) is 7.14. The second-order valence-electron chi connectivity index (χ2n) is 6.77. The first-order valence-corrected chi connectivity index (χ1v) is 9.24. The molecule has 154 valence electrons. The van der Waals surface area contributed by atoms with E-state index in [1.165, 1.54) is 18.3 Å². The summed E-state index contributed by atoms with van der Waals surface area (Å²) in [6.45, 7) is 8.26. The van der Waals surface area contributed by atoms with Crippen LogP contribution in [0.1, 0.15) is 22.6 Å². The molecule has 30 heavy (non-hydrogen) atoms. The van der Waals surface area contributed by atoms with Crippen LogP contribution in [-0.4, -0.2) is 26.3 Å². The maximum absolute atomic E-state index is 13.5. The summed E-state index contributed by atoms with van der Waals surface area (Å²) < 4.78 is 42.3. The van der Waals surface area contributed by atoms with Gasteiger partial charge in [-0.25, -0.2) is 14.9 Å². The summed E-state index contributed by atoms with van der Waals surface area (Å²) >= 11 is 6.07. The minimum absolute atomic E-state index is 0.0277. The van der Waals surface area contributed by atoms with E-state index in [9.17, 15) is 18.0 Å². The molecular weight excluding hydrogens is 421 g/mol. The number of nitrogens with zero attached hydrogens (tertiary/aromatic N) is 5. The summed E-state index contributed by atoms with van der Waals surface area (Å²) in [7, 11) is 0. The summed E-state index contributed by atoms with van der Waals surface area (Å²) in [6.07, 6.45) is -1.51. The molecule has 1 aromatic carbocycles. The zero-order chi connectivity index (χ0) is 21.5. The molecule has 0 saturated heterocycles. The van der Waals surface area contributed by atoms with Crippen LogP contribution in [0.15, 0.2) is 35.4 Å². The Morgan fingerprint density at radius 2 is 2.07 bits per heavy atom. The summed E-state index contributed by atoms with van der Waals surface area (Å²) in [4.78, 5) is 21.0. The number of hydrogen-bond donors (Lipinski definition) is 1. The number of halogens is 4. The van der Waals surface area contributed by atoms with E-state index >= 15 is 0 Å². The number of imidazole rings is 1. The van der Waals surface area contributed by atoms with Gasteiger partial charge in [-0.15, -0.1) is 0 Å². The van der Waals surface area contributed by atoms with Crippen LogP contribution in [0, 0.1) is 6.57 Å². The number of rotatable bonds is 3. The van der Waals surface area contributed by atoms with Crippen LogP contribution >= 0.6 is 11.6 Å². The molecule has 0 bridgehead atoms. The Hall–Kier alpha value is -3.32. The predicted octanol–water partition coefficient (Wildman–Crippen LogP) is 3.80. The summed E-state index contributed by atoms with van der Waals surface area (Å²) in [5.41, 5.74) is -0.162. The molecule has 0 amide bonds. The third-order valence-corrected chi connectivity index (χ3v) is 5.33. The molecule has 1 aliphatic heterocycles. The number of anilines is 1. The molecule has 11 heteroatoms. The molecule has 4 rings (SSSR count). The van der Waals surface area contributed by atoms with Crippen LogP contribution in [0.4, 0.5) is 24.5 Å². The van der Waals surface area contributed by atoms with E-state index in [1.807, 2.05) is 9.47 Å². The molecule has 0 radical (unpaired) electrons. The molecule has 1 N–H and O–H groups in total. The van der Waals surface area contributed by atoms with Crippen LogP contribution in [0.3, 0.4) is 0 Å². The van der Waals surface area contributed by atoms with Crippen molar-refractivity contribution in [3.8, 4) is 0 Å². The maximum Gasteiger partial charge on any atom is 0.415 e. The molecule has 0 unspecified atom stereocenters. The summed E-state index contributed by atoms with van der Waals surface area (Å²) in [5, 5.41) is 6.05. The van der Waals surface area contributed by atoms with Crippen molar-refractivity contribution in [1.82, 2.24) is 19.7 Å². The second kappa shape index (κ2) is 7.50. The highest BCUT2D eigenvalue weighted by atomic mass is 35.5. The summed E-state index contributed by atoms with van der Waals surface area (Å²) in [6, 6.07) is 3.60. The normalized spacial score (nSPS) is 13.8. The zero-order valence-corrected chi connectivity index (χ0v) is 16.1. The molecule has 3 aromatic rings. The highest BCUT2D eigenvalue weighted by Gasteiger charge is 2.34. The van der Waals surface area contributed by atoms with E-state index in [0.29, 0.717) is 36.8 Å². The van der Waals surface area contributed by atoms with E-state index in [1.54, 1.807) is 6.20 Å². The Balaban J connectivity index is 1.62. The topological polar surface area (TPSA) is 71.2 Å². The molecule has 0 atom stereocenters. The molecule has 0 fully saturated rings. The van der Waals surface area contributed by atoms with Crippen LogP contribution in [0.5, 0.6) is 0 Å². The summed E-state index contributed by atoms with van der Waals surface area (Å²) in [5.74, 6) is 0.652. The van der Waals surface area contributed by atoms with Crippen molar-refractivity contribution in [1.29, 1.82) is 0 Å². The molecular formula is C19H14ClF3N6O. The molecule has 3 heterocycles. The van der Waals surface area contributed by atoms with Gasteiger partial charge in [0.15, 0.2) is 5.69 Å². The zero-order valence-electron chi connectivity index (χ0n) is 15.4. The Bertz CT molecular complexity index is 1210. The highest BCUT2D eigenvalue weighted by molar-refractivity contribution is 6.32. The van der Waals surface area contributed by atoms with Gasteiger partial charge in [0, 0.05) is 37.0 Å². The Morgan fingerprint density at radius 1 is 1.27 bits per heavy atom. The van der Waals surface area contributed by atoms with Gasteiger partial charge >= 0.3 is 6.18 Å². The van der Waals surface area contributed by atoms with Gasteiger partial charge < -0.3 is 9.47 Å². The van der Waals surface area contributed by atoms with E-state index in [4.69, 9.17) is 18.2 Å². The van der Waals surface area contributed by atoms with Crippen molar-refractivity contribution in [3.05, 3.63) is 80.0 Å². The molecule has 0 spiro atoms. The fourth-order valence-electron chi connectivity index (χ4n) is 3.51. The van der Waals surface area contributed by atoms with Gasteiger partial charge in [0.05, 0.1) is 25.0 Å². The van der Waals surface area contributed by atoms with E-state index in [0.717, 1.165) is 6.07 Å². The lowest BCUT2D eigenvalue weighted by Crippen LogP contribution is -2.35. The van der Waals surface area contributed by atoms with Crippen LogP contribution in [-0.2, 0) is 25.7 Å².